The van der Waals surface area contributed by atoms with Gasteiger partial charge in [0.05, 0.1) is 5.75 Å². The number of fused-ring (bicyclic) bond motifs is 1. The van der Waals surface area contributed by atoms with E-state index in [2.05, 4.69) is 0 Å². The SMILES string of the molecule is Oc1c(O)c(O)c2[cH-]ccc2c1O.[Cl-].[Cl-].[Zr+3]. The smallest absolute Gasteiger partial charge is 1.00 e. The first-order chi connectivity index (χ1) is 6.13. The minimum atomic E-state index is -0.698. The van der Waals surface area contributed by atoms with Crippen LogP contribution in [-0.4, -0.2) is 20.4 Å². The molecular formula is C9H7Cl2O4Zr. The minimum Gasteiger partial charge on any atom is -1.00 e. The topological polar surface area (TPSA) is 80.9 Å². The summed E-state index contributed by atoms with van der Waals surface area (Å²) in [5.74, 6) is -2.24. The molecule has 0 amide bonds. The van der Waals surface area contributed by atoms with Crippen LogP contribution in [0.25, 0.3) is 10.8 Å². The molecule has 2 aromatic carbocycles. The molecular weight excluding hydrogens is 334 g/mol. The molecule has 0 fully saturated rings. The third-order valence-electron chi connectivity index (χ3n) is 2.00. The van der Waals surface area contributed by atoms with Gasteiger partial charge in [-0.25, -0.2) is 0 Å². The van der Waals surface area contributed by atoms with Crippen LogP contribution < -0.4 is 24.8 Å². The summed E-state index contributed by atoms with van der Waals surface area (Å²) in [6, 6.07) is 4.66. The normalized spacial score (nSPS) is 8.75. The molecule has 0 aliphatic carbocycles. The standard InChI is InChI=1S/C9H7O4.2ClH.Zr/c10-6-4-2-1-3-5(4)7(11)9(13)8(6)12;;;/h1-3,10-13H;2*1H;/q-1;;;+3/p-2. The van der Waals surface area contributed by atoms with Gasteiger partial charge < -0.3 is 45.2 Å². The summed E-state index contributed by atoms with van der Waals surface area (Å²) in [4.78, 5) is 0. The van der Waals surface area contributed by atoms with E-state index in [-0.39, 0.29) is 51.0 Å². The Labute approximate surface area is 123 Å². The van der Waals surface area contributed by atoms with Gasteiger partial charge in [-0.1, -0.05) is 5.39 Å². The second-order valence-corrected chi connectivity index (χ2v) is 2.75. The van der Waals surface area contributed by atoms with Crippen molar-refractivity contribution in [1.82, 2.24) is 0 Å². The fourth-order valence-corrected chi connectivity index (χ4v) is 1.31. The zero-order chi connectivity index (χ0) is 9.59. The number of phenolic OH excluding ortho intramolecular Hbond substituents is 4. The number of hydrogen-bond acceptors (Lipinski definition) is 4. The van der Waals surface area contributed by atoms with E-state index in [4.69, 9.17) is 10.2 Å². The number of phenols is 4. The monoisotopic (exact) mass is 339 g/mol. The zero-order valence-electron chi connectivity index (χ0n) is 7.78. The molecule has 0 aliphatic heterocycles. The van der Waals surface area contributed by atoms with E-state index in [0.717, 1.165) is 0 Å². The second kappa shape index (κ2) is 6.28. The predicted octanol–water partition coefficient (Wildman–Crippen LogP) is -4.61. The van der Waals surface area contributed by atoms with Crippen LogP contribution in [-0.2, 0) is 26.2 Å². The Balaban J connectivity index is 0. The van der Waals surface area contributed by atoms with Crippen molar-refractivity contribution in [2.75, 3.05) is 0 Å². The van der Waals surface area contributed by atoms with Crippen molar-refractivity contribution in [3.63, 3.8) is 0 Å². The molecule has 2 aromatic rings. The van der Waals surface area contributed by atoms with Gasteiger partial charge in [0.15, 0.2) is 11.5 Å². The number of aromatic hydroxyl groups is 4. The Morgan fingerprint density at radius 1 is 0.812 bits per heavy atom. The van der Waals surface area contributed by atoms with E-state index in [9.17, 15) is 10.2 Å². The van der Waals surface area contributed by atoms with Crippen LogP contribution in [0.1, 0.15) is 0 Å². The summed E-state index contributed by atoms with van der Waals surface area (Å²) in [6.07, 6.45) is 0. The zero-order valence-corrected chi connectivity index (χ0v) is 11.7. The molecule has 2 rings (SSSR count). The van der Waals surface area contributed by atoms with Gasteiger partial charge in [0.1, 0.15) is 5.75 Å². The van der Waals surface area contributed by atoms with Gasteiger partial charge in [0.2, 0.25) is 0 Å². The number of hydrogen-bond donors (Lipinski definition) is 4. The maximum Gasteiger partial charge on any atom is 3.00 e. The molecule has 0 spiro atoms. The van der Waals surface area contributed by atoms with E-state index >= 15 is 0 Å². The summed E-state index contributed by atoms with van der Waals surface area (Å²) >= 11 is 0. The average Bonchev–Trinajstić information content (AvgIpc) is 2.59. The number of halogens is 2. The summed E-state index contributed by atoms with van der Waals surface area (Å²) in [5.41, 5.74) is 0. The maximum absolute atomic E-state index is 9.33. The van der Waals surface area contributed by atoms with Crippen molar-refractivity contribution in [1.29, 1.82) is 0 Å². The minimum absolute atomic E-state index is 0. The van der Waals surface area contributed by atoms with Gasteiger partial charge in [0.25, 0.3) is 0 Å². The molecule has 16 heavy (non-hydrogen) atoms. The van der Waals surface area contributed by atoms with Gasteiger partial charge in [-0.2, -0.15) is 12.1 Å². The summed E-state index contributed by atoms with van der Waals surface area (Å²) in [7, 11) is 0. The van der Waals surface area contributed by atoms with E-state index in [1.165, 1.54) is 12.1 Å². The van der Waals surface area contributed by atoms with Crippen molar-refractivity contribution in [3.8, 4) is 23.0 Å². The summed E-state index contributed by atoms with van der Waals surface area (Å²) in [6.45, 7) is 0. The molecule has 85 valence electrons. The van der Waals surface area contributed by atoms with Crippen molar-refractivity contribution in [3.05, 3.63) is 18.2 Å². The number of rotatable bonds is 0. The molecule has 0 saturated heterocycles. The van der Waals surface area contributed by atoms with Crippen LogP contribution in [0.2, 0.25) is 0 Å². The van der Waals surface area contributed by atoms with Crippen LogP contribution in [0, 0.1) is 0 Å². The molecule has 1 radical (unpaired) electrons. The van der Waals surface area contributed by atoms with Gasteiger partial charge in [-0.3, -0.25) is 0 Å². The van der Waals surface area contributed by atoms with Gasteiger partial charge in [0, 0.05) is 0 Å². The predicted molar refractivity (Wildman–Crippen MR) is 46.2 cm³/mol. The van der Waals surface area contributed by atoms with Crippen molar-refractivity contribution in [2.45, 2.75) is 0 Å². The first-order valence-electron chi connectivity index (χ1n) is 3.64. The van der Waals surface area contributed by atoms with E-state index in [0.29, 0.717) is 10.8 Å². The Kier molecular flexibility index (Phi) is 7.02. The molecule has 0 heterocycles. The molecule has 0 bridgehead atoms. The molecule has 7 heteroatoms. The molecule has 0 aliphatic rings. The number of benzene rings is 1. The van der Waals surface area contributed by atoms with Gasteiger partial charge >= 0.3 is 26.2 Å². The Hall–Kier alpha value is -0.507. The van der Waals surface area contributed by atoms with E-state index in [1.54, 1.807) is 6.07 Å². The maximum atomic E-state index is 9.33. The van der Waals surface area contributed by atoms with Crippen molar-refractivity contribution >= 4 is 10.8 Å². The van der Waals surface area contributed by atoms with E-state index in [1.807, 2.05) is 0 Å². The summed E-state index contributed by atoms with van der Waals surface area (Å²) < 4.78 is 0. The third-order valence-corrected chi connectivity index (χ3v) is 2.00. The van der Waals surface area contributed by atoms with Crippen LogP contribution >= 0.6 is 0 Å². The Morgan fingerprint density at radius 3 is 1.88 bits per heavy atom. The molecule has 0 aromatic heterocycles. The van der Waals surface area contributed by atoms with E-state index < -0.39 is 23.0 Å². The van der Waals surface area contributed by atoms with Crippen LogP contribution in [0.15, 0.2) is 18.2 Å². The first-order valence-corrected chi connectivity index (χ1v) is 3.64. The molecule has 0 unspecified atom stereocenters. The molecule has 4 N–H and O–H groups in total. The van der Waals surface area contributed by atoms with Crippen molar-refractivity contribution < 1.29 is 71.4 Å². The molecule has 0 saturated carbocycles. The fourth-order valence-electron chi connectivity index (χ4n) is 1.31. The van der Waals surface area contributed by atoms with Crippen LogP contribution in [0.3, 0.4) is 0 Å². The quantitative estimate of drug-likeness (QED) is 0.221. The van der Waals surface area contributed by atoms with Crippen LogP contribution in [0.4, 0.5) is 0 Å². The van der Waals surface area contributed by atoms with Gasteiger partial charge in [-0.15, -0.1) is 11.5 Å². The van der Waals surface area contributed by atoms with Gasteiger partial charge in [-0.05, 0) is 0 Å². The van der Waals surface area contributed by atoms with Crippen molar-refractivity contribution in [2.24, 2.45) is 0 Å². The average molecular weight is 341 g/mol. The summed E-state index contributed by atoms with van der Waals surface area (Å²) in [5, 5.41) is 37.6. The Bertz CT molecular complexity index is 442. The van der Waals surface area contributed by atoms with Crippen LogP contribution in [0.5, 0.6) is 23.0 Å². The Morgan fingerprint density at radius 2 is 1.31 bits per heavy atom. The first kappa shape index (κ1) is 17.9. The fraction of sp³-hybridized carbons (Fsp3) is 0. The molecule has 4 nitrogen and oxygen atoms in total. The largest absolute Gasteiger partial charge is 3.00 e. The second-order valence-electron chi connectivity index (χ2n) is 2.75. The molecule has 0 atom stereocenters. The third kappa shape index (κ3) is 2.42.